The summed E-state index contributed by atoms with van der Waals surface area (Å²) in [6.45, 7) is 7.81. The molecule has 0 aromatic heterocycles. The van der Waals surface area contributed by atoms with E-state index in [-0.39, 0.29) is 6.09 Å². The number of hydrogen-bond acceptors (Lipinski definition) is 4. The molecule has 1 spiro atoms. The highest BCUT2D eigenvalue weighted by molar-refractivity contribution is 5.80. The molecule has 0 aromatic carbocycles. The largest absolute Gasteiger partial charge is 0.444 e. The van der Waals surface area contributed by atoms with Crippen LogP contribution in [-0.4, -0.2) is 56.5 Å². The standard InChI is InChI=1S/C20H36N4O3/c1-19(2,3)27-18(25)23-12-7-11-22-17(21-4)24-15-14-8-13-26-16(14)20(15)9-5-6-10-20/h14-16H,5-13H2,1-4H3,(H,23,25)(H2,21,22,24). The minimum Gasteiger partial charge on any atom is -0.444 e. The molecule has 27 heavy (non-hydrogen) atoms. The zero-order valence-electron chi connectivity index (χ0n) is 17.3. The van der Waals surface area contributed by atoms with E-state index in [1.807, 2.05) is 27.8 Å². The van der Waals surface area contributed by atoms with Crippen molar-refractivity contribution >= 4 is 12.1 Å². The first-order valence-corrected chi connectivity index (χ1v) is 10.4. The second-order valence-corrected chi connectivity index (χ2v) is 9.09. The molecular weight excluding hydrogens is 344 g/mol. The number of guanidine groups is 1. The molecule has 0 aromatic rings. The van der Waals surface area contributed by atoms with Crippen LogP contribution in [0, 0.1) is 11.3 Å². The van der Waals surface area contributed by atoms with Crippen molar-refractivity contribution in [1.82, 2.24) is 16.0 Å². The fourth-order valence-electron chi connectivity index (χ4n) is 5.05. The maximum absolute atomic E-state index is 11.7. The predicted molar refractivity (Wildman–Crippen MR) is 106 cm³/mol. The SMILES string of the molecule is CN=C(NCCCNC(=O)OC(C)(C)C)NC1C2CCOC2C12CCCC2. The van der Waals surface area contributed by atoms with Crippen LogP contribution in [0.25, 0.3) is 0 Å². The van der Waals surface area contributed by atoms with Gasteiger partial charge in [0.05, 0.1) is 6.10 Å². The van der Waals surface area contributed by atoms with Gasteiger partial charge in [0.25, 0.3) is 0 Å². The molecule has 2 saturated carbocycles. The number of rotatable bonds is 5. The molecule has 3 atom stereocenters. The molecule has 7 nitrogen and oxygen atoms in total. The van der Waals surface area contributed by atoms with Crippen LogP contribution in [0.2, 0.25) is 0 Å². The van der Waals surface area contributed by atoms with Gasteiger partial charge < -0.3 is 25.4 Å². The van der Waals surface area contributed by atoms with Gasteiger partial charge in [-0.25, -0.2) is 4.79 Å². The highest BCUT2D eigenvalue weighted by Crippen LogP contribution is 2.60. The molecule has 1 heterocycles. The molecule has 3 fully saturated rings. The number of amides is 1. The molecule has 3 N–H and O–H groups in total. The van der Waals surface area contributed by atoms with E-state index in [1.165, 1.54) is 25.7 Å². The first-order chi connectivity index (χ1) is 12.9. The number of aliphatic imine (C=N–C) groups is 1. The van der Waals surface area contributed by atoms with Crippen molar-refractivity contribution in [3.8, 4) is 0 Å². The lowest BCUT2D eigenvalue weighted by Gasteiger charge is -2.57. The Labute approximate surface area is 163 Å². The highest BCUT2D eigenvalue weighted by atomic mass is 16.6. The average Bonchev–Trinajstić information content (AvgIpc) is 3.24. The minimum atomic E-state index is -0.463. The molecule has 0 radical (unpaired) electrons. The lowest BCUT2D eigenvalue weighted by Crippen LogP contribution is -2.69. The minimum absolute atomic E-state index is 0.317. The van der Waals surface area contributed by atoms with Crippen LogP contribution in [0.5, 0.6) is 0 Å². The Bertz CT molecular complexity index is 552. The van der Waals surface area contributed by atoms with Crippen LogP contribution < -0.4 is 16.0 Å². The molecule has 2 aliphatic carbocycles. The average molecular weight is 381 g/mol. The molecule has 1 aliphatic heterocycles. The Morgan fingerprint density at radius 1 is 1.22 bits per heavy atom. The summed E-state index contributed by atoms with van der Waals surface area (Å²) in [6.07, 6.45) is 7.21. The first kappa shape index (κ1) is 20.2. The van der Waals surface area contributed by atoms with Crippen LogP contribution in [0.4, 0.5) is 4.79 Å². The van der Waals surface area contributed by atoms with Gasteiger partial charge in [-0.2, -0.15) is 0 Å². The summed E-state index contributed by atoms with van der Waals surface area (Å²) in [5.74, 6) is 1.48. The van der Waals surface area contributed by atoms with E-state index < -0.39 is 5.60 Å². The second kappa shape index (κ2) is 8.25. The smallest absolute Gasteiger partial charge is 0.407 e. The zero-order chi connectivity index (χ0) is 19.5. The van der Waals surface area contributed by atoms with E-state index in [2.05, 4.69) is 20.9 Å². The Morgan fingerprint density at radius 2 is 1.93 bits per heavy atom. The van der Waals surface area contributed by atoms with Crippen LogP contribution >= 0.6 is 0 Å². The van der Waals surface area contributed by atoms with Gasteiger partial charge in [-0.15, -0.1) is 0 Å². The maximum Gasteiger partial charge on any atom is 0.407 e. The molecule has 3 unspecified atom stereocenters. The first-order valence-electron chi connectivity index (χ1n) is 10.4. The van der Waals surface area contributed by atoms with Crippen LogP contribution in [-0.2, 0) is 9.47 Å². The Hall–Kier alpha value is -1.50. The normalized spacial score (nSPS) is 29.2. The van der Waals surface area contributed by atoms with Gasteiger partial charge >= 0.3 is 6.09 Å². The quantitative estimate of drug-likeness (QED) is 0.388. The summed E-state index contributed by atoms with van der Waals surface area (Å²) < 4.78 is 11.3. The Morgan fingerprint density at radius 3 is 2.59 bits per heavy atom. The van der Waals surface area contributed by atoms with Crippen LogP contribution in [0.15, 0.2) is 4.99 Å². The lowest BCUT2D eigenvalue weighted by molar-refractivity contribution is -0.125. The summed E-state index contributed by atoms with van der Waals surface area (Å²) >= 11 is 0. The van der Waals surface area contributed by atoms with Gasteiger partial charge in [0, 0.05) is 44.1 Å². The van der Waals surface area contributed by atoms with Gasteiger partial charge in [-0.3, -0.25) is 4.99 Å². The molecular formula is C20H36N4O3. The van der Waals surface area contributed by atoms with Crippen molar-refractivity contribution in [2.24, 2.45) is 16.3 Å². The molecule has 0 bridgehead atoms. The fourth-order valence-corrected chi connectivity index (χ4v) is 5.05. The van der Waals surface area contributed by atoms with Crippen molar-refractivity contribution in [2.45, 2.75) is 77.0 Å². The van der Waals surface area contributed by atoms with E-state index in [0.29, 0.717) is 30.0 Å². The summed E-state index contributed by atoms with van der Waals surface area (Å²) in [5.41, 5.74) is -0.147. The molecule has 7 heteroatoms. The number of alkyl carbamates (subject to hydrolysis) is 1. The second-order valence-electron chi connectivity index (χ2n) is 9.09. The maximum atomic E-state index is 11.7. The monoisotopic (exact) mass is 380 g/mol. The van der Waals surface area contributed by atoms with Crippen molar-refractivity contribution in [3.63, 3.8) is 0 Å². The fraction of sp³-hybridized carbons (Fsp3) is 0.900. The van der Waals surface area contributed by atoms with E-state index in [9.17, 15) is 4.79 Å². The number of hydrogen-bond donors (Lipinski definition) is 3. The molecule has 154 valence electrons. The van der Waals surface area contributed by atoms with Gasteiger partial charge in [-0.05, 0) is 46.5 Å². The predicted octanol–water partition coefficient (Wildman–Crippen LogP) is 2.41. The third kappa shape index (κ3) is 4.50. The van der Waals surface area contributed by atoms with Crippen molar-refractivity contribution in [1.29, 1.82) is 0 Å². The van der Waals surface area contributed by atoms with Crippen LogP contribution in [0.3, 0.4) is 0 Å². The van der Waals surface area contributed by atoms with Crippen molar-refractivity contribution in [2.75, 3.05) is 26.7 Å². The Balaban J connectivity index is 1.39. The van der Waals surface area contributed by atoms with E-state index in [4.69, 9.17) is 9.47 Å². The van der Waals surface area contributed by atoms with Crippen molar-refractivity contribution in [3.05, 3.63) is 0 Å². The van der Waals surface area contributed by atoms with Crippen molar-refractivity contribution < 1.29 is 14.3 Å². The molecule has 1 saturated heterocycles. The molecule has 1 amide bonds. The summed E-state index contributed by atoms with van der Waals surface area (Å²) in [5, 5.41) is 9.85. The summed E-state index contributed by atoms with van der Waals surface area (Å²) in [6, 6.07) is 0.471. The summed E-state index contributed by atoms with van der Waals surface area (Å²) in [4.78, 5) is 16.1. The van der Waals surface area contributed by atoms with Gasteiger partial charge in [-0.1, -0.05) is 12.8 Å². The number of carbonyl (C=O) groups is 1. The van der Waals surface area contributed by atoms with Crippen LogP contribution in [0.1, 0.15) is 59.3 Å². The van der Waals surface area contributed by atoms with E-state index >= 15 is 0 Å². The number of nitrogens with zero attached hydrogens (tertiary/aromatic N) is 1. The number of fused-ring (bicyclic) bond motifs is 2. The Kier molecular flexibility index (Phi) is 6.18. The van der Waals surface area contributed by atoms with Gasteiger partial charge in [0.1, 0.15) is 5.60 Å². The third-order valence-electron chi connectivity index (χ3n) is 6.12. The third-order valence-corrected chi connectivity index (χ3v) is 6.12. The topological polar surface area (TPSA) is 84.0 Å². The lowest BCUT2D eigenvalue weighted by atomic mass is 9.54. The molecule has 3 aliphatic rings. The molecule has 3 rings (SSSR count). The van der Waals surface area contributed by atoms with Gasteiger partial charge in [0.2, 0.25) is 0 Å². The number of nitrogens with one attached hydrogen (secondary N) is 3. The number of ether oxygens (including phenoxy) is 2. The highest BCUT2D eigenvalue weighted by Gasteiger charge is 2.65. The van der Waals surface area contributed by atoms with Gasteiger partial charge in [0.15, 0.2) is 5.96 Å². The van der Waals surface area contributed by atoms with E-state index in [0.717, 1.165) is 32.0 Å². The number of carbonyl (C=O) groups excluding carboxylic acids is 1. The zero-order valence-corrected chi connectivity index (χ0v) is 17.3. The summed E-state index contributed by atoms with van der Waals surface area (Å²) in [7, 11) is 1.82. The van der Waals surface area contributed by atoms with E-state index in [1.54, 1.807) is 0 Å².